The van der Waals surface area contributed by atoms with Crippen molar-refractivity contribution in [2.45, 2.75) is 335 Å². The van der Waals surface area contributed by atoms with Crippen LogP contribution in [0.5, 0.6) is 0 Å². The molecule has 1 atom stereocenters. The van der Waals surface area contributed by atoms with E-state index in [2.05, 4.69) is 45.1 Å². The Hall–Kier alpha value is -2.11. The summed E-state index contributed by atoms with van der Waals surface area (Å²) in [5, 5.41) is 0. The fraction of sp³-hybridized carbons (Fsp3) is 0.885. The highest BCUT2D eigenvalue weighted by Crippen LogP contribution is 2.17. The first-order chi connectivity index (χ1) is 33.0. The predicted molar refractivity (Wildman–Crippen MR) is 289 cm³/mol. The van der Waals surface area contributed by atoms with Gasteiger partial charge in [-0.15, -0.1) is 0 Å². The highest BCUT2D eigenvalue weighted by molar-refractivity contribution is 5.71. The average Bonchev–Trinajstić information content (AvgIpc) is 3.33. The van der Waals surface area contributed by atoms with Crippen LogP contribution in [-0.4, -0.2) is 37.2 Å². The van der Waals surface area contributed by atoms with Crippen molar-refractivity contribution in [1.29, 1.82) is 0 Å². The maximum atomic E-state index is 12.9. The van der Waals surface area contributed by atoms with E-state index in [0.29, 0.717) is 19.3 Å². The number of esters is 3. The Labute approximate surface area is 417 Å². The maximum absolute atomic E-state index is 12.9. The van der Waals surface area contributed by atoms with E-state index < -0.39 is 6.10 Å². The van der Waals surface area contributed by atoms with Gasteiger partial charge in [0.25, 0.3) is 0 Å². The summed E-state index contributed by atoms with van der Waals surface area (Å²) in [5.41, 5.74) is 0. The molecule has 0 radical (unpaired) electrons. The van der Waals surface area contributed by atoms with E-state index in [1.165, 1.54) is 218 Å². The van der Waals surface area contributed by atoms with Crippen LogP contribution in [0.15, 0.2) is 24.3 Å². The molecule has 6 heteroatoms. The Morgan fingerprint density at radius 1 is 0.299 bits per heavy atom. The fourth-order valence-electron chi connectivity index (χ4n) is 8.95. The van der Waals surface area contributed by atoms with Crippen molar-refractivity contribution >= 4 is 17.9 Å². The SMILES string of the molecule is CCCCC/C=C\C/C=C\CCCCCCCCCC(=O)OCC(COC(=O)CCCCCCCCCCCCCCCCC)OC(=O)CCCCCCCCCCCCCCCCCCC. The van der Waals surface area contributed by atoms with Gasteiger partial charge >= 0.3 is 17.9 Å². The molecule has 0 aromatic rings. The molecule has 0 aliphatic carbocycles. The molecule has 0 saturated carbocycles. The molecule has 0 spiro atoms. The quantitative estimate of drug-likeness (QED) is 0.0262. The summed E-state index contributed by atoms with van der Waals surface area (Å²) < 4.78 is 16.9. The second kappa shape index (κ2) is 56.5. The number of hydrogen-bond acceptors (Lipinski definition) is 6. The Morgan fingerprint density at radius 2 is 0.537 bits per heavy atom. The number of rotatable bonds is 55. The van der Waals surface area contributed by atoms with Gasteiger partial charge in [0.2, 0.25) is 0 Å². The summed E-state index contributed by atoms with van der Waals surface area (Å²) in [4.78, 5) is 38.2. The summed E-state index contributed by atoms with van der Waals surface area (Å²) in [6.07, 6.45) is 65.9. The molecule has 0 aliphatic rings. The van der Waals surface area contributed by atoms with Gasteiger partial charge in [-0.1, -0.05) is 283 Å². The molecule has 0 saturated heterocycles. The smallest absolute Gasteiger partial charge is 0.306 e. The Balaban J connectivity index is 4.33. The molecule has 0 rings (SSSR count). The third-order valence-corrected chi connectivity index (χ3v) is 13.5. The lowest BCUT2D eigenvalue weighted by Gasteiger charge is -2.18. The average molecular weight is 944 g/mol. The summed E-state index contributed by atoms with van der Waals surface area (Å²) in [5.74, 6) is -0.852. The zero-order valence-electron chi connectivity index (χ0n) is 45.2. The third-order valence-electron chi connectivity index (χ3n) is 13.5. The van der Waals surface area contributed by atoms with E-state index in [9.17, 15) is 14.4 Å². The normalized spacial score (nSPS) is 12.1. The second-order valence-corrected chi connectivity index (χ2v) is 20.3. The van der Waals surface area contributed by atoms with Crippen molar-refractivity contribution in [1.82, 2.24) is 0 Å². The molecular weight excluding hydrogens is 829 g/mol. The van der Waals surface area contributed by atoms with Gasteiger partial charge in [-0.2, -0.15) is 0 Å². The minimum Gasteiger partial charge on any atom is -0.462 e. The zero-order valence-corrected chi connectivity index (χ0v) is 45.2. The van der Waals surface area contributed by atoms with Crippen LogP contribution in [0.4, 0.5) is 0 Å². The monoisotopic (exact) mass is 943 g/mol. The number of unbranched alkanes of at least 4 members (excludes halogenated alkanes) is 40. The summed E-state index contributed by atoms with van der Waals surface area (Å²) in [6.45, 7) is 6.67. The van der Waals surface area contributed by atoms with Crippen molar-refractivity contribution < 1.29 is 28.6 Å². The lowest BCUT2D eigenvalue weighted by molar-refractivity contribution is -0.167. The summed E-state index contributed by atoms with van der Waals surface area (Å²) >= 11 is 0. The number of carbonyl (C=O) groups excluding carboxylic acids is 3. The van der Waals surface area contributed by atoms with E-state index in [4.69, 9.17) is 14.2 Å². The number of hydrogen-bond donors (Lipinski definition) is 0. The Kier molecular flexibility index (Phi) is 54.7. The minimum atomic E-state index is -0.769. The molecule has 0 aliphatic heterocycles. The molecule has 0 N–H and O–H groups in total. The van der Waals surface area contributed by atoms with E-state index in [1.54, 1.807) is 0 Å². The van der Waals surface area contributed by atoms with Crippen LogP contribution in [-0.2, 0) is 28.6 Å². The van der Waals surface area contributed by atoms with E-state index in [1.807, 2.05) is 0 Å². The third kappa shape index (κ3) is 54.7. The Morgan fingerprint density at radius 3 is 0.851 bits per heavy atom. The first-order valence-electron chi connectivity index (χ1n) is 29.8. The number of ether oxygens (including phenoxy) is 3. The van der Waals surface area contributed by atoms with Crippen LogP contribution < -0.4 is 0 Å². The molecule has 0 heterocycles. The molecule has 0 amide bonds. The van der Waals surface area contributed by atoms with Crippen molar-refractivity contribution in [3.05, 3.63) is 24.3 Å². The molecule has 0 aromatic heterocycles. The van der Waals surface area contributed by atoms with Crippen molar-refractivity contribution in [3.63, 3.8) is 0 Å². The van der Waals surface area contributed by atoms with Gasteiger partial charge in [0.1, 0.15) is 13.2 Å². The van der Waals surface area contributed by atoms with Crippen LogP contribution >= 0.6 is 0 Å². The number of carbonyl (C=O) groups is 3. The van der Waals surface area contributed by atoms with E-state index in [-0.39, 0.29) is 31.1 Å². The Bertz CT molecular complexity index is 1080. The lowest BCUT2D eigenvalue weighted by atomic mass is 10.0. The summed E-state index contributed by atoms with van der Waals surface area (Å²) in [7, 11) is 0. The molecule has 0 aromatic carbocycles. The van der Waals surface area contributed by atoms with Gasteiger partial charge in [-0.3, -0.25) is 14.4 Å². The van der Waals surface area contributed by atoms with Gasteiger partial charge < -0.3 is 14.2 Å². The van der Waals surface area contributed by atoms with Crippen molar-refractivity contribution in [2.24, 2.45) is 0 Å². The van der Waals surface area contributed by atoms with E-state index >= 15 is 0 Å². The number of allylic oxidation sites excluding steroid dienone is 4. The maximum Gasteiger partial charge on any atom is 0.306 e. The topological polar surface area (TPSA) is 78.9 Å². The fourth-order valence-corrected chi connectivity index (χ4v) is 8.95. The largest absolute Gasteiger partial charge is 0.462 e. The van der Waals surface area contributed by atoms with Crippen LogP contribution in [0, 0.1) is 0 Å². The van der Waals surface area contributed by atoms with Crippen LogP contribution in [0.2, 0.25) is 0 Å². The van der Waals surface area contributed by atoms with Crippen LogP contribution in [0.1, 0.15) is 329 Å². The van der Waals surface area contributed by atoms with Crippen LogP contribution in [0.25, 0.3) is 0 Å². The molecule has 6 nitrogen and oxygen atoms in total. The highest BCUT2D eigenvalue weighted by Gasteiger charge is 2.19. The minimum absolute atomic E-state index is 0.0679. The molecule has 67 heavy (non-hydrogen) atoms. The molecular formula is C61H114O6. The van der Waals surface area contributed by atoms with Gasteiger partial charge in [0, 0.05) is 19.3 Å². The molecule has 394 valence electrons. The van der Waals surface area contributed by atoms with Gasteiger partial charge in [0.15, 0.2) is 6.10 Å². The zero-order chi connectivity index (χ0) is 48.6. The first kappa shape index (κ1) is 64.9. The van der Waals surface area contributed by atoms with Crippen LogP contribution in [0.3, 0.4) is 0 Å². The van der Waals surface area contributed by atoms with Crippen molar-refractivity contribution in [3.8, 4) is 0 Å². The molecule has 0 fully saturated rings. The summed E-state index contributed by atoms with van der Waals surface area (Å²) in [6, 6.07) is 0. The van der Waals surface area contributed by atoms with Crippen molar-refractivity contribution in [2.75, 3.05) is 13.2 Å². The lowest BCUT2D eigenvalue weighted by Crippen LogP contribution is -2.30. The predicted octanol–water partition coefficient (Wildman–Crippen LogP) is 19.9. The molecule has 1 unspecified atom stereocenters. The standard InChI is InChI=1S/C61H114O6/c1-4-7-10-13-16-19-22-25-28-30-33-36-39-42-45-48-51-54-60(63)66-57-58(56-65-59(62)53-50-47-44-41-38-35-32-27-24-21-18-15-12-9-6-3)67-61(64)55-52-49-46-43-40-37-34-31-29-26-23-20-17-14-11-8-5-2/h16,19,25,28,58H,4-15,17-18,20-24,26-27,29-57H2,1-3H3/b19-16-,28-25-. The van der Waals surface area contributed by atoms with Gasteiger partial charge in [-0.05, 0) is 51.4 Å². The second-order valence-electron chi connectivity index (χ2n) is 20.3. The van der Waals surface area contributed by atoms with Gasteiger partial charge in [0.05, 0.1) is 0 Å². The van der Waals surface area contributed by atoms with E-state index in [0.717, 1.165) is 70.6 Å². The first-order valence-corrected chi connectivity index (χ1v) is 29.8. The van der Waals surface area contributed by atoms with Gasteiger partial charge in [-0.25, -0.2) is 0 Å². The highest BCUT2D eigenvalue weighted by atomic mass is 16.6. The molecule has 0 bridgehead atoms.